The van der Waals surface area contributed by atoms with Crippen LogP contribution in [0.2, 0.25) is 5.02 Å². The second-order valence-corrected chi connectivity index (χ2v) is 6.78. The van der Waals surface area contributed by atoms with E-state index < -0.39 is 0 Å². The van der Waals surface area contributed by atoms with Crippen LogP contribution in [0.5, 0.6) is 0 Å². The molecule has 0 aromatic heterocycles. The van der Waals surface area contributed by atoms with Gasteiger partial charge >= 0.3 is 5.97 Å². The number of benzene rings is 1. The highest BCUT2D eigenvalue weighted by Crippen LogP contribution is 2.30. The van der Waals surface area contributed by atoms with Crippen molar-refractivity contribution in [1.82, 2.24) is 4.90 Å². The Hall–Kier alpha value is -1.20. The summed E-state index contributed by atoms with van der Waals surface area (Å²) in [5.41, 5.74) is 0. The number of esters is 1. The zero-order valence-electron chi connectivity index (χ0n) is 13.3. The van der Waals surface area contributed by atoms with Crippen molar-refractivity contribution in [2.75, 3.05) is 20.2 Å². The highest BCUT2D eigenvalue weighted by atomic mass is 35.5. The van der Waals surface area contributed by atoms with Gasteiger partial charge in [0.25, 0.3) is 0 Å². The van der Waals surface area contributed by atoms with Crippen LogP contribution in [0, 0.1) is 5.92 Å². The number of carbonyl (C=O) groups excluding carboxylic acids is 2. The van der Waals surface area contributed by atoms with Crippen molar-refractivity contribution >= 4 is 35.2 Å². The molecule has 0 aliphatic heterocycles. The molecule has 1 aromatic rings. The first-order valence-corrected chi connectivity index (χ1v) is 8.44. The molecule has 0 bridgehead atoms. The van der Waals surface area contributed by atoms with Crippen molar-refractivity contribution in [1.29, 1.82) is 0 Å². The molecule has 22 heavy (non-hydrogen) atoms. The summed E-state index contributed by atoms with van der Waals surface area (Å²) >= 11 is 7.55. The van der Waals surface area contributed by atoms with Crippen LogP contribution < -0.4 is 0 Å². The number of ether oxygens (including phenoxy) is 1. The van der Waals surface area contributed by atoms with Crippen molar-refractivity contribution < 1.29 is 14.3 Å². The summed E-state index contributed by atoms with van der Waals surface area (Å²) in [4.78, 5) is 26.6. The zero-order chi connectivity index (χ0) is 16.7. The van der Waals surface area contributed by atoms with Gasteiger partial charge in [0, 0.05) is 18.0 Å². The Morgan fingerprint density at radius 3 is 2.50 bits per heavy atom. The fourth-order valence-corrected chi connectivity index (χ4v) is 3.26. The van der Waals surface area contributed by atoms with E-state index in [4.69, 9.17) is 16.3 Å². The fraction of sp³-hybridized carbons (Fsp3) is 0.500. The quantitative estimate of drug-likeness (QED) is 0.561. The lowest BCUT2D eigenvalue weighted by Gasteiger charge is -2.26. The Morgan fingerprint density at radius 2 is 1.95 bits per heavy atom. The largest absolute Gasteiger partial charge is 0.469 e. The summed E-state index contributed by atoms with van der Waals surface area (Å²) in [6.07, 6.45) is 0. The van der Waals surface area contributed by atoms with Gasteiger partial charge in [0.1, 0.15) is 0 Å². The van der Waals surface area contributed by atoms with Crippen LogP contribution in [-0.4, -0.2) is 42.2 Å². The second kappa shape index (κ2) is 9.06. The monoisotopic (exact) mass is 343 g/mol. The lowest BCUT2D eigenvalue weighted by molar-refractivity contribution is -0.146. The van der Waals surface area contributed by atoms with Gasteiger partial charge in [0.05, 0.1) is 23.3 Å². The van der Waals surface area contributed by atoms with Gasteiger partial charge < -0.3 is 9.64 Å². The lowest BCUT2D eigenvalue weighted by Crippen LogP contribution is -2.40. The molecule has 0 spiro atoms. The standard InChI is InChI=1S/C16H22ClNO3S/c1-5-18(10-11(2)16(20)21-4)15(19)12(3)22-14-9-7-6-8-13(14)17/h6-9,11-12H,5,10H2,1-4H3. The molecule has 1 rings (SSSR count). The number of nitrogens with zero attached hydrogens (tertiary/aromatic N) is 1. The first-order valence-electron chi connectivity index (χ1n) is 7.18. The summed E-state index contributed by atoms with van der Waals surface area (Å²) in [6, 6.07) is 7.44. The summed E-state index contributed by atoms with van der Waals surface area (Å²) < 4.78 is 4.71. The average Bonchev–Trinajstić information content (AvgIpc) is 2.52. The molecule has 2 atom stereocenters. The van der Waals surface area contributed by atoms with E-state index in [-0.39, 0.29) is 23.0 Å². The Morgan fingerprint density at radius 1 is 1.32 bits per heavy atom. The van der Waals surface area contributed by atoms with Gasteiger partial charge in [-0.05, 0) is 26.0 Å². The summed E-state index contributed by atoms with van der Waals surface area (Å²) in [5, 5.41) is 0.364. The molecule has 4 nitrogen and oxygen atoms in total. The molecule has 0 aliphatic rings. The van der Waals surface area contributed by atoms with Crippen LogP contribution in [0.15, 0.2) is 29.2 Å². The summed E-state index contributed by atoms with van der Waals surface area (Å²) in [5.74, 6) is -0.660. The number of carbonyl (C=O) groups is 2. The molecule has 1 amide bonds. The number of thioether (sulfide) groups is 1. The third-order valence-corrected chi connectivity index (χ3v) is 4.89. The normalized spacial score (nSPS) is 13.3. The van der Waals surface area contributed by atoms with Gasteiger partial charge in [-0.2, -0.15) is 0 Å². The average molecular weight is 344 g/mol. The number of hydrogen-bond donors (Lipinski definition) is 0. The van der Waals surface area contributed by atoms with Crippen molar-refractivity contribution in [3.05, 3.63) is 29.3 Å². The predicted octanol–water partition coefficient (Wildman–Crippen LogP) is 3.48. The van der Waals surface area contributed by atoms with Crippen LogP contribution in [0.1, 0.15) is 20.8 Å². The van der Waals surface area contributed by atoms with Gasteiger partial charge in [0.2, 0.25) is 5.91 Å². The van der Waals surface area contributed by atoms with Crippen LogP contribution in [0.25, 0.3) is 0 Å². The number of methoxy groups -OCH3 is 1. The molecule has 2 unspecified atom stereocenters. The SMILES string of the molecule is CCN(CC(C)C(=O)OC)C(=O)C(C)Sc1ccccc1Cl. The van der Waals surface area contributed by atoms with Gasteiger partial charge in [-0.15, -0.1) is 11.8 Å². The van der Waals surface area contributed by atoms with Gasteiger partial charge in [-0.25, -0.2) is 0 Å². The number of amides is 1. The molecule has 0 fully saturated rings. The molecule has 0 N–H and O–H groups in total. The highest BCUT2D eigenvalue weighted by Gasteiger charge is 2.25. The maximum atomic E-state index is 12.5. The number of hydrogen-bond acceptors (Lipinski definition) is 4. The minimum atomic E-state index is -0.341. The van der Waals surface area contributed by atoms with Crippen molar-refractivity contribution in [2.24, 2.45) is 5.92 Å². The van der Waals surface area contributed by atoms with Gasteiger partial charge in [0.15, 0.2) is 0 Å². The zero-order valence-corrected chi connectivity index (χ0v) is 14.9. The van der Waals surface area contributed by atoms with E-state index in [1.807, 2.05) is 32.0 Å². The molecular weight excluding hydrogens is 322 g/mol. The van der Waals surface area contributed by atoms with E-state index in [0.717, 1.165) is 4.90 Å². The van der Waals surface area contributed by atoms with Crippen LogP contribution in [0.4, 0.5) is 0 Å². The smallest absolute Gasteiger partial charge is 0.310 e. The molecule has 122 valence electrons. The minimum absolute atomic E-state index is 0.0110. The van der Waals surface area contributed by atoms with E-state index >= 15 is 0 Å². The van der Waals surface area contributed by atoms with Crippen molar-refractivity contribution in [2.45, 2.75) is 30.9 Å². The number of halogens is 1. The van der Waals surface area contributed by atoms with Gasteiger partial charge in [-0.1, -0.05) is 30.7 Å². The maximum absolute atomic E-state index is 12.5. The predicted molar refractivity (Wildman–Crippen MR) is 90.2 cm³/mol. The Labute approximate surface area is 141 Å². The molecule has 0 saturated carbocycles. The molecule has 1 aromatic carbocycles. The Bertz CT molecular complexity index is 524. The Balaban J connectivity index is 2.70. The van der Waals surface area contributed by atoms with E-state index in [1.54, 1.807) is 17.9 Å². The molecule has 6 heteroatoms. The third kappa shape index (κ3) is 5.21. The van der Waals surface area contributed by atoms with E-state index in [0.29, 0.717) is 18.1 Å². The maximum Gasteiger partial charge on any atom is 0.310 e. The molecule has 0 aliphatic carbocycles. The number of rotatable bonds is 7. The topological polar surface area (TPSA) is 46.6 Å². The van der Waals surface area contributed by atoms with E-state index in [9.17, 15) is 9.59 Å². The fourth-order valence-electron chi connectivity index (χ4n) is 2.02. The van der Waals surface area contributed by atoms with E-state index in [2.05, 4.69) is 0 Å². The van der Waals surface area contributed by atoms with Crippen molar-refractivity contribution in [3.8, 4) is 0 Å². The van der Waals surface area contributed by atoms with Crippen molar-refractivity contribution in [3.63, 3.8) is 0 Å². The second-order valence-electron chi connectivity index (χ2n) is 4.99. The van der Waals surface area contributed by atoms with Crippen LogP contribution in [-0.2, 0) is 14.3 Å². The minimum Gasteiger partial charge on any atom is -0.469 e. The first kappa shape index (κ1) is 18.8. The van der Waals surface area contributed by atoms with Crippen LogP contribution in [0.3, 0.4) is 0 Å². The Kier molecular flexibility index (Phi) is 7.76. The summed E-state index contributed by atoms with van der Waals surface area (Å²) in [6.45, 7) is 6.41. The van der Waals surface area contributed by atoms with E-state index in [1.165, 1.54) is 18.9 Å². The van der Waals surface area contributed by atoms with Crippen LogP contribution >= 0.6 is 23.4 Å². The molecule has 0 radical (unpaired) electrons. The lowest BCUT2D eigenvalue weighted by atomic mass is 10.1. The summed E-state index contributed by atoms with van der Waals surface area (Å²) in [7, 11) is 1.35. The van der Waals surface area contributed by atoms with Gasteiger partial charge in [-0.3, -0.25) is 9.59 Å². The molecule has 0 saturated heterocycles. The third-order valence-electron chi connectivity index (χ3n) is 3.28. The molecule has 0 heterocycles. The first-order chi connectivity index (χ1) is 10.4. The highest BCUT2D eigenvalue weighted by molar-refractivity contribution is 8.00. The molecular formula is C16H22ClNO3S.